The molecular weight excluding hydrogens is 349 g/mol. The van der Waals surface area contributed by atoms with Crippen LogP contribution < -0.4 is 10.9 Å². The summed E-state index contributed by atoms with van der Waals surface area (Å²) in [5.41, 5.74) is 6.14. The smallest absolute Gasteiger partial charge is 0.247 e. The zero-order chi connectivity index (χ0) is 17.4. The molecule has 1 unspecified atom stereocenters. The highest BCUT2D eigenvalue weighted by molar-refractivity contribution is 6.53. The van der Waals surface area contributed by atoms with Crippen molar-refractivity contribution in [2.24, 2.45) is 5.41 Å². The van der Waals surface area contributed by atoms with Gasteiger partial charge in [0.15, 0.2) is 5.82 Å². The summed E-state index contributed by atoms with van der Waals surface area (Å²) in [7, 11) is 0. The van der Waals surface area contributed by atoms with E-state index in [0.717, 1.165) is 12.1 Å². The van der Waals surface area contributed by atoms with E-state index in [1.54, 1.807) is 19.2 Å². The standard InChI is InChI=1S/C16H17Cl2N5O/c1-3-10-8-12(21-13(20-10)11-6-4-5-7-19-11)22-23-14(24)15(2)9-16(15,17)18/h4-8H,3,9H2,1-2H3,(H,23,24)(H,20,21,22). The molecule has 1 atom stereocenters. The van der Waals surface area contributed by atoms with Gasteiger partial charge in [-0.3, -0.25) is 20.6 Å². The summed E-state index contributed by atoms with van der Waals surface area (Å²) in [4.78, 5) is 25.3. The molecule has 8 heteroatoms. The maximum atomic E-state index is 12.2. The highest BCUT2D eigenvalue weighted by Crippen LogP contribution is 2.63. The highest BCUT2D eigenvalue weighted by Gasteiger charge is 2.68. The van der Waals surface area contributed by atoms with Gasteiger partial charge in [-0.1, -0.05) is 13.0 Å². The lowest BCUT2D eigenvalue weighted by Gasteiger charge is -2.14. The Labute approximate surface area is 150 Å². The van der Waals surface area contributed by atoms with Gasteiger partial charge in [0.1, 0.15) is 15.8 Å². The van der Waals surface area contributed by atoms with E-state index in [9.17, 15) is 4.79 Å². The third-order valence-electron chi connectivity index (χ3n) is 4.10. The van der Waals surface area contributed by atoms with Crippen LogP contribution in [0.25, 0.3) is 11.5 Å². The van der Waals surface area contributed by atoms with Crippen LogP contribution in [0.15, 0.2) is 30.5 Å². The van der Waals surface area contributed by atoms with Crippen LogP contribution in [0.2, 0.25) is 0 Å². The molecule has 1 aliphatic carbocycles. The number of pyridine rings is 1. The second kappa shape index (κ2) is 6.18. The lowest BCUT2D eigenvalue weighted by atomic mass is 10.1. The summed E-state index contributed by atoms with van der Waals surface area (Å²) in [5, 5.41) is 0. The van der Waals surface area contributed by atoms with Gasteiger partial charge in [0.2, 0.25) is 5.91 Å². The summed E-state index contributed by atoms with van der Waals surface area (Å²) < 4.78 is -1.02. The van der Waals surface area contributed by atoms with Gasteiger partial charge in [-0.25, -0.2) is 9.97 Å². The van der Waals surface area contributed by atoms with Gasteiger partial charge in [0, 0.05) is 18.0 Å². The van der Waals surface area contributed by atoms with Gasteiger partial charge in [0.05, 0.1) is 5.41 Å². The van der Waals surface area contributed by atoms with Gasteiger partial charge >= 0.3 is 0 Å². The molecule has 0 radical (unpaired) electrons. The average molecular weight is 366 g/mol. The van der Waals surface area contributed by atoms with E-state index in [0.29, 0.717) is 23.8 Å². The Morgan fingerprint density at radius 3 is 2.67 bits per heavy atom. The molecule has 3 rings (SSSR count). The van der Waals surface area contributed by atoms with Crippen LogP contribution in [0.5, 0.6) is 0 Å². The molecule has 0 bridgehead atoms. The molecule has 1 fully saturated rings. The van der Waals surface area contributed by atoms with Crippen molar-refractivity contribution in [3.05, 3.63) is 36.2 Å². The zero-order valence-corrected chi connectivity index (χ0v) is 14.8. The molecule has 2 heterocycles. The number of aromatic nitrogens is 3. The number of hydrogen-bond acceptors (Lipinski definition) is 5. The number of amides is 1. The molecule has 2 aromatic heterocycles. The Bertz CT molecular complexity index is 768. The van der Waals surface area contributed by atoms with Crippen molar-refractivity contribution in [2.45, 2.75) is 31.0 Å². The van der Waals surface area contributed by atoms with Crippen LogP contribution in [0.1, 0.15) is 26.0 Å². The first kappa shape index (κ1) is 16.9. The molecule has 2 N–H and O–H groups in total. The molecule has 0 aliphatic heterocycles. The summed E-state index contributed by atoms with van der Waals surface area (Å²) in [5.74, 6) is 0.701. The van der Waals surface area contributed by atoms with Crippen molar-refractivity contribution in [2.75, 3.05) is 5.43 Å². The van der Waals surface area contributed by atoms with E-state index in [1.807, 2.05) is 25.1 Å². The second-order valence-electron chi connectivity index (χ2n) is 5.93. The van der Waals surface area contributed by atoms with Crippen LogP contribution in [-0.2, 0) is 11.2 Å². The van der Waals surface area contributed by atoms with Crippen molar-refractivity contribution in [1.29, 1.82) is 0 Å². The van der Waals surface area contributed by atoms with Crippen LogP contribution in [-0.4, -0.2) is 25.2 Å². The summed E-state index contributed by atoms with van der Waals surface area (Å²) in [6.45, 7) is 3.72. The first-order valence-electron chi connectivity index (χ1n) is 7.59. The topological polar surface area (TPSA) is 79.8 Å². The molecule has 1 saturated carbocycles. The second-order valence-corrected chi connectivity index (χ2v) is 7.41. The molecular formula is C16H17Cl2N5O. The van der Waals surface area contributed by atoms with Gasteiger partial charge in [0.25, 0.3) is 0 Å². The normalized spacial score (nSPS) is 21.2. The number of anilines is 1. The number of hydrogen-bond donors (Lipinski definition) is 2. The Balaban J connectivity index is 1.77. The predicted molar refractivity (Wildman–Crippen MR) is 93.6 cm³/mol. The number of carbonyl (C=O) groups is 1. The fraction of sp³-hybridized carbons (Fsp3) is 0.375. The third-order valence-corrected chi connectivity index (χ3v) is 5.20. The number of halogens is 2. The van der Waals surface area contributed by atoms with E-state index in [-0.39, 0.29) is 5.91 Å². The minimum absolute atomic E-state index is 0.274. The van der Waals surface area contributed by atoms with Crippen molar-refractivity contribution in [3.63, 3.8) is 0 Å². The van der Waals surface area contributed by atoms with Crippen molar-refractivity contribution < 1.29 is 4.79 Å². The van der Waals surface area contributed by atoms with E-state index >= 15 is 0 Å². The fourth-order valence-corrected chi connectivity index (χ4v) is 2.96. The number of hydrazine groups is 1. The van der Waals surface area contributed by atoms with Crippen LogP contribution in [0, 0.1) is 5.41 Å². The van der Waals surface area contributed by atoms with E-state index in [2.05, 4.69) is 25.8 Å². The molecule has 24 heavy (non-hydrogen) atoms. The Morgan fingerprint density at radius 2 is 2.08 bits per heavy atom. The average Bonchev–Trinajstić information content (AvgIpc) is 3.12. The number of carbonyl (C=O) groups excluding carboxylic acids is 1. The number of nitrogens with zero attached hydrogens (tertiary/aromatic N) is 3. The first-order chi connectivity index (χ1) is 11.4. The number of alkyl halides is 2. The molecule has 126 valence electrons. The number of rotatable bonds is 5. The maximum Gasteiger partial charge on any atom is 0.247 e. The van der Waals surface area contributed by atoms with Gasteiger partial charge in [-0.2, -0.15) is 0 Å². The molecule has 0 saturated heterocycles. The number of aryl methyl sites for hydroxylation is 1. The van der Waals surface area contributed by atoms with Gasteiger partial charge in [-0.05, 0) is 31.9 Å². The van der Waals surface area contributed by atoms with Crippen molar-refractivity contribution >= 4 is 34.9 Å². The van der Waals surface area contributed by atoms with E-state index < -0.39 is 9.75 Å². The molecule has 1 aliphatic rings. The summed E-state index contributed by atoms with van der Waals surface area (Å²) in [6.07, 6.45) is 2.83. The van der Waals surface area contributed by atoms with Crippen LogP contribution in [0.4, 0.5) is 5.82 Å². The summed E-state index contributed by atoms with van der Waals surface area (Å²) >= 11 is 12.0. The van der Waals surface area contributed by atoms with Crippen molar-refractivity contribution in [1.82, 2.24) is 20.4 Å². The largest absolute Gasteiger partial charge is 0.282 e. The highest BCUT2D eigenvalue weighted by atomic mass is 35.5. The zero-order valence-electron chi connectivity index (χ0n) is 13.3. The van der Waals surface area contributed by atoms with Crippen molar-refractivity contribution in [3.8, 4) is 11.5 Å². The monoisotopic (exact) mass is 365 g/mol. The molecule has 1 amide bonds. The molecule has 0 aromatic carbocycles. The molecule has 2 aromatic rings. The molecule has 6 nitrogen and oxygen atoms in total. The predicted octanol–water partition coefficient (Wildman–Crippen LogP) is 3.13. The third kappa shape index (κ3) is 3.16. The lowest BCUT2D eigenvalue weighted by Crippen LogP contribution is -2.37. The Kier molecular flexibility index (Phi) is 4.36. The minimum Gasteiger partial charge on any atom is -0.282 e. The SMILES string of the molecule is CCc1cc(NNC(=O)C2(C)CC2(Cl)Cl)nc(-c2ccccn2)n1. The molecule has 0 spiro atoms. The Hall–Kier alpha value is -1.92. The Morgan fingerprint density at radius 1 is 1.33 bits per heavy atom. The van der Waals surface area contributed by atoms with Crippen LogP contribution in [0.3, 0.4) is 0 Å². The van der Waals surface area contributed by atoms with E-state index in [1.165, 1.54) is 0 Å². The maximum absolute atomic E-state index is 12.2. The van der Waals surface area contributed by atoms with Gasteiger partial charge in [-0.15, -0.1) is 23.2 Å². The van der Waals surface area contributed by atoms with Crippen LogP contribution >= 0.6 is 23.2 Å². The quantitative estimate of drug-likeness (QED) is 0.628. The summed E-state index contributed by atoms with van der Waals surface area (Å²) in [6, 6.07) is 7.30. The lowest BCUT2D eigenvalue weighted by molar-refractivity contribution is -0.125. The fourth-order valence-electron chi connectivity index (χ4n) is 2.26. The van der Waals surface area contributed by atoms with Gasteiger partial charge < -0.3 is 0 Å². The minimum atomic E-state index is -1.02. The first-order valence-corrected chi connectivity index (χ1v) is 8.35. The van der Waals surface area contributed by atoms with E-state index in [4.69, 9.17) is 23.2 Å². The number of nitrogens with one attached hydrogen (secondary N) is 2.